The molecule has 2 aromatic rings. The van der Waals surface area contributed by atoms with Gasteiger partial charge in [-0.1, -0.05) is 36.4 Å². The lowest BCUT2D eigenvalue weighted by atomic mass is 9.86. The molecule has 160 valence electrons. The van der Waals surface area contributed by atoms with Crippen LogP contribution >= 0.6 is 0 Å². The van der Waals surface area contributed by atoms with Crippen LogP contribution in [0.15, 0.2) is 48.5 Å². The van der Waals surface area contributed by atoms with Crippen LogP contribution in [0.3, 0.4) is 0 Å². The number of nitrogens with one attached hydrogen (secondary N) is 2. The summed E-state index contributed by atoms with van der Waals surface area (Å²) >= 11 is 0. The lowest BCUT2D eigenvalue weighted by Crippen LogP contribution is -2.57. The molecular weight excluding hydrogens is 398 g/mol. The van der Waals surface area contributed by atoms with Crippen molar-refractivity contribution in [1.29, 1.82) is 0 Å². The van der Waals surface area contributed by atoms with Gasteiger partial charge in [-0.3, -0.25) is 0 Å². The van der Waals surface area contributed by atoms with E-state index in [0.717, 1.165) is 16.7 Å². The predicted octanol–water partition coefficient (Wildman–Crippen LogP) is 4.17. The van der Waals surface area contributed by atoms with Crippen molar-refractivity contribution in [1.82, 2.24) is 15.5 Å². The number of rotatable bonds is 4. The summed E-state index contributed by atoms with van der Waals surface area (Å²) in [4.78, 5) is 14.8. The molecule has 0 radical (unpaired) electrons. The second kappa shape index (κ2) is 8.26. The second-order valence-electron chi connectivity index (χ2n) is 7.91. The lowest BCUT2D eigenvalue weighted by Gasteiger charge is -2.41. The van der Waals surface area contributed by atoms with Crippen LogP contribution in [0.5, 0.6) is 0 Å². The predicted molar refractivity (Wildman–Crippen MR) is 104 cm³/mol. The fraction of sp³-hybridized carbons (Fsp3) is 0.409. The van der Waals surface area contributed by atoms with Gasteiger partial charge < -0.3 is 15.5 Å². The summed E-state index contributed by atoms with van der Waals surface area (Å²) < 4.78 is 50.4. The van der Waals surface area contributed by atoms with E-state index in [1.807, 2.05) is 24.3 Å². The molecule has 0 saturated heterocycles. The Morgan fingerprint density at radius 1 is 1.03 bits per heavy atom. The molecular formula is C22H23F4N3O. The largest absolute Gasteiger partial charge is 0.401 e. The number of nitrogens with zero attached hydrogens (tertiary/aromatic N) is 1. The Morgan fingerprint density at radius 3 is 2.43 bits per heavy atom. The van der Waals surface area contributed by atoms with Crippen LogP contribution in [0.4, 0.5) is 22.4 Å². The molecule has 30 heavy (non-hydrogen) atoms. The normalized spacial score (nSPS) is 23.5. The van der Waals surface area contributed by atoms with Gasteiger partial charge in [0.2, 0.25) is 0 Å². The fourth-order valence-electron chi connectivity index (χ4n) is 4.21. The Kier molecular flexibility index (Phi) is 5.69. The molecule has 0 unspecified atom stereocenters. The summed E-state index contributed by atoms with van der Waals surface area (Å²) in [5.74, 6) is -0.342. The summed E-state index contributed by atoms with van der Waals surface area (Å²) in [5, 5.41) is 5.42. The van der Waals surface area contributed by atoms with Gasteiger partial charge in [0.25, 0.3) is 0 Å². The Balaban J connectivity index is 1.45. The summed E-state index contributed by atoms with van der Waals surface area (Å²) in [6.07, 6.45) is -2.60. The first-order chi connectivity index (χ1) is 14.3. The van der Waals surface area contributed by atoms with Crippen LogP contribution in [0.2, 0.25) is 0 Å². The van der Waals surface area contributed by atoms with Crippen molar-refractivity contribution in [3.63, 3.8) is 0 Å². The molecule has 0 aromatic heterocycles. The molecule has 1 aliphatic heterocycles. The minimum atomic E-state index is -4.24. The number of urea groups is 1. The summed E-state index contributed by atoms with van der Waals surface area (Å²) in [6, 6.07) is 13.0. The lowest BCUT2D eigenvalue weighted by molar-refractivity contribution is -0.127. The van der Waals surface area contributed by atoms with Crippen molar-refractivity contribution in [2.24, 2.45) is 0 Å². The van der Waals surface area contributed by atoms with E-state index in [9.17, 15) is 22.4 Å². The van der Waals surface area contributed by atoms with Crippen molar-refractivity contribution in [3.8, 4) is 0 Å². The molecule has 0 bridgehead atoms. The molecule has 1 fully saturated rings. The number of carbonyl (C=O) groups excluding carboxylic acids is 1. The molecule has 0 spiro atoms. The van der Waals surface area contributed by atoms with E-state index in [-0.39, 0.29) is 30.0 Å². The van der Waals surface area contributed by atoms with Gasteiger partial charge in [0, 0.05) is 18.6 Å². The number of fused-ring (bicyclic) bond motifs is 1. The Labute approximate surface area is 172 Å². The van der Waals surface area contributed by atoms with E-state index < -0.39 is 12.7 Å². The molecule has 2 N–H and O–H groups in total. The average Bonchev–Trinajstić information content (AvgIpc) is 2.68. The highest BCUT2D eigenvalue weighted by Crippen LogP contribution is 2.35. The number of amides is 2. The first-order valence-corrected chi connectivity index (χ1v) is 10.0. The highest BCUT2D eigenvalue weighted by Gasteiger charge is 2.37. The van der Waals surface area contributed by atoms with Gasteiger partial charge in [-0.05, 0) is 48.1 Å². The SMILES string of the molecule is O=C(N[C@H]1C[C@@H](NCC(F)(F)F)C1)N1CCc2ccccc2[C@@H]1c1ccc(F)cc1. The molecule has 2 amide bonds. The molecule has 1 atom stereocenters. The first kappa shape index (κ1) is 20.7. The quantitative estimate of drug-likeness (QED) is 0.728. The highest BCUT2D eigenvalue weighted by atomic mass is 19.4. The third-order valence-corrected chi connectivity index (χ3v) is 5.79. The molecule has 1 saturated carbocycles. The van der Waals surface area contributed by atoms with Gasteiger partial charge >= 0.3 is 12.2 Å². The van der Waals surface area contributed by atoms with E-state index in [1.165, 1.54) is 12.1 Å². The van der Waals surface area contributed by atoms with Crippen LogP contribution in [0, 0.1) is 5.82 Å². The minimum absolute atomic E-state index is 0.158. The first-order valence-electron chi connectivity index (χ1n) is 10.0. The van der Waals surface area contributed by atoms with Crippen molar-refractivity contribution in [3.05, 3.63) is 71.0 Å². The van der Waals surface area contributed by atoms with Crippen LogP contribution in [0.1, 0.15) is 35.6 Å². The second-order valence-corrected chi connectivity index (χ2v) is 7.91. The summed E-state index contributed by atoms with van der Waals surface area (Å²) in [7, 11) is 0. The van der Waals surface area contributed by atoms with E-state index in [4.69, 9.17) is 0 Å². The molecule has 8 heteroatoms. The van der Waals surface area contributed by atoms with Gasteiger partial charge in [0.15, 0.2) is 0 Å². The van der Waals surface area contributed by atoms with Crippen LogP contribution in [-0.4, -0.2) is 42.3 Å². The number of hydrogen-bond acceptors (Lipinski definition) is 2. The Hall–Kier alpha value is -2.61. The van der Waals surface area contributed by atoms with Gasteiger partial charge in [-0.25, -0.2) is 9.18 Å². The number of halogens is 4. The van der Waals surface area contributed by atoms with E-state index in [0.29, 0.717) is 25.8 Å². The standard InChI is InChI=1S/C22H23F4N3O/c23-16-7-5-15(6-8-16)20-19-4-2-1-3-14(19)9-10-29(20)21(30)28-18-11-17(12-18)27-13-22(24,25)26/h1-8,17-18,20,27H,9-13H2,(H,28,30)/t17-,18+,20-/m0/s1. The average molecular weight is 421 g/mol. The third kappa shape index (κ3) is 4.59. The minimum Gasteiger partial charge on any atom is -0.335 e. The summed E-state index contributed by atoms with van der Waals surface area (Å²) in [5.41, 5.74) is 2.97. The van der Waals surface area contributed by atoms with Gasteiger partial charge in [0.05, 0.1) is 12.6 Å². The molecule has 2 aliphatic rings. The number of benzene rings is 2. The monoisotopic (exact) mass is 421 g/mol. The number of hydrogen-bond donors (Lipinski definition) is 2. The van der Waals surface area contributed by atoms with E-state index in [2.05, 4.69) is 10.6 Å². The smallest absolute Gasteiger partial charge is 0.335 e. The Bertz CT molecular complexity index is 894. The van der Waals surface area contributed by atoms with Crippen molar-refractivity contribution >= 4 is 6.03 Å². The summed E-state index contributed by atoms with van der Waals surface area (Å²) in [6.45, 7) is -0.513. The van der Waals surface area contributed by atoms with E-state index >= 15 is 0 Å². The molecule has 2 aromatic carbocycles. The van der Waals surface area contributed by atoms with Crippen LogP contribution < -0.4 is 10.6 Å². The maximum absolute atomic E-state index is 13.4. The zero-order valence-electron chi connectivity index (χ0n) is 16.3. The van der Waals surface area contributed by atoms with E-state index in [1.54, 1.807) is 17.0 Å². The van der Waals surface area contributed by atoms with Gasteiger partial charge in [0.1, 0.15) is 5.82 Å². The maximum atomic E-state index is 13.4. The van der Waals surface area contributed by atoms with Crippen molar-refractivity contribution in [2.45, 2.75) is 43.6 Å². The van der Waals surface area contributed by atoms with Crippen LogP contribution in [-0.2, 0) is 6.42 Å². The molecule has 4 rings (SSSR count). The number of alkyl halides is 3. The molecule has 4 nitrogen and oxygen atoms in total. The topological polar surface area (TPSA) is 44.4 Å². The fourth-order valence-corrected chi connectivity index (χ4v) is 4.21. The zero-order chi connectivity index (χ0) is 21.3. The van der Waals surface area contributed by atoms with Crippen LogP contribution in [0.25, 0.3) is 0 Å². The molecule has 1 aliphatic carbocycles. The van der Waals surface area contributed by atoms with Gasteiger partial charge in [-0.2, -0.15) is 13.2 Å². The number of carbonyl (C=O) groups is 1. The maximum Gasteiger partial charge on any atom is 0.401 e. The third-order valence-electron chi connectivity index (χ3n) is 5.79. The van der Waals surface area contributed by atoms with Crippen molar-refractivity contribution in [2.75, 3.05) is 13.1 Å². The highest BCUT2D eigenvalue weighted by molar-refractivity contribution is 5.76. The zero-order valence-corrected chi connectivity index (χ0v) is 16.3. The van der Waals surface area contributed by atoms with Crippen molar-refractivity contribution < 1.29 is 22.4 Å². The Morgan fingerprint density at radius 2 is 1.73 bits per heavy atom. The molecule has 1 heterocycles. The van der Waals surface area contributed by atoms with Gasteiger partial charge in [-0.15, -0.1) is 0 Å².